The van der Waals surface area contributed by atoms with Gasteiger partial charge in [-0.25, -0.2) is 0 Å². The van der Waals surface area contributed by atoms with Crippen LogP contribution in [-0.2, 0) is 19.1 Å². The highest BCUT2D eigenvalue weighted by Crippen LogP contribution is 2.25. The highest BCUT2D eigenvalue weighted by Gasteiger charge is 2.12. The smallest absolute Gasteiger partial charge is 0.306 e. The molecule has 7 nitrogen and oxygen atoms in total. The van der Waals surface area contributed by atoms with Crippen LogP contribution in [0.4, 0.5) is 11.4 Å². The molecule has 0 bridgehead atoms. The Morgan fingerprint density at radius 1 is 0.931 bits per heavy atom. The first-order valence-electron chi connectivity index (χ1n) is 8.56. The van der Waals surface area contributed by atoms with Crippen LogP contribution in [0.5, 0.6) is 0 Å². The summed E-state index contributed by atoms with van der Waals surface area (Å²) in [6.45, 7) is 0.910. The Labute approximate surface area is 177 Å². The molecule has 152 valence electrons. The zero-order valence-electron chi connectivity index (χ0n) is 15.5. The van der Waals surface area contributed by atoms with Crippen molar-refractivity contribution in [3.8, 4) is 0 Å². The Hall–Kier alpha value is -2.90. The van der Waals surface area contributed by atoms with Crippen LogP contribution in [-0.4, -0.2) is 30.2 Å². The fourth-order valence-corrected chi connectivity index (χ4v) is 2.71. The molecule has 2 aromatic carbocycles. The highest BCUT2D eigenvalue weighted by molar-refractivity contribution is 6.36. The lowest BCUT2D eigenvalue weighted by Gasteiger charge is -2.08. The van der Waals surface area contributed by atoms with Gasteiger partial charge in [-0.05, 0) is 37.3 Å². The van der Waals surface area contributed by atoms with Crippen LogP contribution in [0.25, 0.3) is 0 Å². The first-order chi connectivity index (χ1) is 13.7. The maximum Gasteiger partial charge on any atom is 0.306 e. The number of Topliss-reactive ketones (excluding diaryl/α,β-unsaturated/α-hetero) is 1. The van der Waals surface area contributed by atoms with E-state index in [1.165, 1.54) is 19.1 Å². The number of carbonyl (C=O) groups is 4. The van der Waals surface area contributed by atoms with Crippen LogP contribution in [0, 0.1) is 0 Å². The zero-order chi connectivity index (χ0) is 21.4. The molecule has 0 atom stereocenters. The van der Waals surface area contributed by atoms with Crippen molar-refractivity contribution in [1.82, 2.24) is 0 Å². The molecular formula is C20H18Cl2N2O5. The largest absolute Gasteiger partial charge is 0.456 e. The number of anilines is 2. The molecule has 2 N–H and O–H groups in total. The Kier molecular flexibility index (Phi) is 8.18. The summed E-state index contributed by atoms with van der Waals surface area (Å²) in [5, 5.41) is 5.80. The maximum atomic E-state index is 11.9. The zero-order valence-corrected chi connectivity index (χ0v) is 17.0. The van der Waals surface area contributed by atoms with Crippen molar-refractivity contribution >= 4 is 58.1 Å². The summed E-state index contributed by atoms with van der Waals surface area (Å²) < 4.78 is 4.85. The number of amides is 2. The van der Waals surface area contributed by atoms with Crippen LogP contribution < -0.4 is 10.6 Å². The van der Waals surface area contributed by atoms with Gasteiger partial charge in [0.05, 0.1) is 17.1 Å². The molecule has 9 heteroatoms. The van der Waals surface area contributed by atoms with Crippen molar-refractivity contribution in [2.75, 3.05) is 17.2 Å². The second-order valence-corrected chi connectivity index (χ2v) is 6.86. The van der Waals surface area contributed by atoms with Crippen molar-refractivity contribution in [2.24, 2.45) is 0 Å². The van der Waals surface area contributed by atoms with E-state index in [-0.39, 0.29) is 23.6 Å². The van der Waals surface area contributed by atoms with Crippen LogP contribution in [0.3, 0.4) is 0 Å². The highest BCUT2D eigenvalue weighted by atomic mass is 35.5. The molecular weight excluding hydrogens is 419 g/mol. The number of ether oxygens (including phenoxy) is 1. The molecule has 2 aromatic rings. The minimum Gasteiger partial charge on any atom is -0.456 e. The van der Waals surface area contributed by atoms with Crippen molar-refractivity contribution in [3.05, 3.63) is 58.1 Å². The minimum atomic E-state index is -0.699. The van der Waals surface area contributed by atoms with Gasteiger partial charge in [-0.15, -0.1) is 0 Å². The topological polar surface area (TPSA) is 102 Å². The molecule has 2 rings (SSSR count). The third-order valence-electron chi connectivity index (χ3n) is 3.68. The van der Waals surface area contributed by atoms with Gasteiger partial charge in [-0.2, -0.15) is 0 Å². The van der Waals surface area contributed by atoms with Gasteiger partial charge < -0.3 is 15.4 Å². The maximum absolute atomic E-state index is 11.9. The molecule has 0 radical (unpaired) electrons. The van der Waals surface area contributed by atoms with Crippen molar-refractivity contribution in [3.63, 3.8) is 0 Å². The fourth-order valence-electron chi connectivity index (χ4n) is 2.25. The number of halogens is 2. The van der Waals surface area contributed by atoms with Gasteiger partial charge in [-0.3, -0.25) is 19.2 Å². The normalized spacial score (nSPS) is 10.2. The van der Waals surface area contributed by atoms with E-state index in [0.717, 1.165) is 0 Å². The quantitative estimate of drug-likeness (QED) is 0.479. The molecule has 0 spiro atoms. The summed E-state index contributed by atoms with van der Waals surface area (Å²) in [5.41, 5.74) is 1.24. The molecule has 2 amide bonds. The van der Waals surface area contributed by atoms with Crippen LogP contribution >= 0.6 is 23.2 Å². The monoisotopic (exact) mass is 436 g/mol. The molecule has 0 aliphatic heterocycles. The number of hydrogen-bond acceptors (Lipinski definition) is 5. The molecule has 0 saturated heterocycles. The predicted octanol–water partition coefficient (Wildman–Crippen LogP) is 4.10. The van der Waals surface area contributed by atoms with Gasteiger partial charge in [0.2, 0.25) is 5.91 Å². The summed E-state index contributed by atoms with van der Waals surface area (Å²) in [7, 11) is 0. The third kappa shape index (κ3) is 7.56. The number of benzene rings is 2. The van der Waals surface area contributed by atoms with Gasteiger partial charge >= 0.3 is 5.97 Å². The Morgan fingerprint density at radius 3 is 2.38 bits per heavy atom. The van der Waals surface area contributed by atoms with Crippen LogP contribution in [0.1, 0.15) is 30.1 Å². The number of esters is 1. The Balaban J connectivity index is 1.73. The minimum absolute atomic E-state index is 0.134. The Bertz CT molecular complexity index is 946. The lowest BCUT2D eigenvalue weighted by molar-refractivity contribution is -0.147. The summed E-state index contributed by atoms with van der Waals surface area (Å²) >= 11 is 11.7. The van der Waals surface area contributed by atoms with E-state index in [1.807, 2.05) is 0 Å². The van der Waals surface area contributed by atoms with Crippen LogP contribution in [0.15, 0.2) is 42.5 Å². The van der Waals surface area contributed by atoms with E-state index in [0.29, 0.717) is 22.0 Å². The lowest BCUT2D eigenvalue weighted by atomic mass is 10.1. The second-order valence-electron chi connectivity index (χ2n) is 6.02. The van der Waals surface area contributed by atoms with Gasteiger partial charge in [0.1, 0.15) is 0 Å². The van der Waals surface area contributed by atoms with E-state index in [2.05, 4.69) is 10.6 Å². The van der Waals surface area contributed by atoms with Gasteiger partial charge in [0, 0.05) is 22.7 Å². The van der Waals surface area contributed by atoms with Crippen molar-refractivity contribution < 1.29 is 23.9 Å². The van der Waals surface area contributed by atoms with Gasteiger partial charge in [0.25, 0.3) is 5.91 Å². The SMILES string of the molecule is CC(=O)c1cccc(NC(=O)COC(=O)CCC(=O)Nc2ccc(Cl)cc2Cl)c1. The third-order valence-corrected chi connectivity index (χ3v) is 4.23. The first kappa shape index (κ1) is 22.4. The number of carbonyl (C=O) groups excluding carboxylic acids is 4. The molecule has 29 heavy (non-hydrogen) atoms. The fraction of sp³-hybridized carbons (Fsp3) is 0.200. The number of rotatable bonds is 8. The second kappa shape index (κ2) is 10.6. The van der Waals surface area contributed by atoms with E-state index in [9.17, 15) is 19.2 Å². The molecule has 0 heterocycles. The number of nitrogens with one attached hydrogen (secondary N) is 2. The van der Waals surface area contributed by atoms with Gasteiger partial charge in [0.15, 0.2) is 12.4 Å². The first-order valence-corrected chi connectivity index (χ1v) is 9.31. The molecule has 0 saturated carbocycles. The molecule has 0 aromatic heterocycles. The van der Waals surface area contributed by atoms with E-state index in [4.69, 9.17) is 27.9 Å². The summed E-state index contributed by atoms with van der Waals surface area (Å²) in [4.78, 5) is 46.9. The number of ketones is 1. The number of hydrogen-bond donors (Lipinski definition) is 2. The molecule has 0 fully saturated rings. The van der Waals surface area contributed by atoms with E-state index < -0.39 is 24.4 Å². The lowest BCUT2D eigenvalue weighted by Crippen LogP contribution is -2.22. The molecule has 0 unspecified atom stereocenters. The van der Waals surface area contributed by atoms with E-state index >= 15 is 0 Å². The van der Waals surface area contributed by atoms with Gasteiger partial charge in [-0.1, -0.05) is 35.3 Å². The Morgan fingerprint density at radius 2 is 1.69 bits per heavy atom. The van der Waals surface area contributed by atoms with E-state index in [1.54, 1.807) is 30.3 Å². The standard InChI is InChI=1S/C20H18Cl2N2O5/c1-12(25)13-3-2-4-15(9-13)23-19(27)11-29-20(28)8-7-18(26)24-17-6-5-14(21)10-16(17)22/h2-6,9-10H,7-8,11H2,1H3,(H,23,27)(H,24,26). The molecule has 0 aliphatic carbocycles. The van der Waals surface area contributed by atoms with Crippen molar-refractivity contribution in [2.45, 2.75) is 19.8 Å². The average molecular weight is 437 g/mol. The summed E-state index contributed by atoms with van der Waals surface area (Å²) in [6.07, 6.45) is -0.343. The van der Waals surface area contributed by atoms with Crippen LogP contribution in [0.2, 0.25) is 10.0 Å². The molecule has 0 aliphatic rings. The summed E-state index contributed by atoms with van der Waals surface area (Å²) in [5.74, 6) is -1.83. The predicted molar refractivity (Wildman–Crippen MR) is 110 cm³/mol. The average Bonchev–Trinajstić information content (AvgIpc) is 2.67. The summed E-state index contributed by atoms with van der Waals surface area (Å²) in [6, 6.07) is 11.0. The van der Waals surface area contributed by atoms with Crippen molar-refractivity contribution in [1.29, 1.82) is 0 Å².